The normalized spacial score (nSPS) is 12.3. The van der Waals surface area contributed by atoms with Gasteiger partial charge in [0.05, 0.1) is 0 Å². The molecule has 178 valence electrons. The highest BCUT2D eigenvalue weighted by atomic mass is 28.3. The fraction of sp³-hybridized carbons (Fsp3) is 0.250. The van der Waals surface area contributed by atoms with Crippen molar-refractivity contribution in [2.75, 3.05) is 6.61 Å². The van der Waals surface area contributed by atoms with Crippen molar-refractivity contribution in [3.05, 3.63) is 88.5 Å². The van der Waals surface area contributed by atoms with E-state index in [2.05, 4.69) is 60.7 Å². The van der Waals surface area contributed by atoms with E-state index >= 15 is 0 Å². The number of fused-ring (bicyclic) bond motifs is 3. The molecule has 7 heteroatoms. The highest BCUT2D eigenvalue weighted by molar-refractivity contribution is 6.83. The molecule has 0 unspecified atom stereocenters. The largest absolute Gasteiger partial charge is 0.488 e. The number of ether oxygens (including phenoxy) is 1. The summed E-state index contributed by atoms with van der Waals surface area (Å²) in [6.45, 7) is 8.71. The predicted molar refractivity (Wildman–Crippen MR) is 143 cm³/mol. The van der Waals surface area contributed by atoms with E-state index in [4.69, 9.17) is 4.74 Å². The minimum absolute atomic E-state index is 0.00731. The molecule has 3 N–H and O–H groups in total. The third kappa shape index (κ3) is 5.68. The number of nitrogens with one attached hydrogen (secondary N) is 1. The molecule has 0 bridgehead atoms. The monoisotopic (exact) mass is 483 g/mol. The fourth-order valence-electron chi connectivity index (χ4n) is 4.38. The van der Waals surface area contributed by atoms with Crippen molar-refractivity contribution in [1.29, 1.82) is 0 Å². The maximum Gasteiger partial charge on any atom is 0.488 e. The molecule has 1 amide bonds. The molecular formula is C28H30BNO4Si. The van der Waals surface area contributed by atoms with Crippen molar-refractivity contribution in [1.82, 2.24) is 5.32 Å². The van der Waals surface area contributed by atoms with E-state index in [9.17, 15) is 14.8 Å². The molecule has 0 saturated heterocycles. The van der Waals surface area contributed by atoms with Crippen molar-refractivity contribution in [2.24, 2.45) is 0 Å². The molecule has 0 radical (unpaired) electrons. The smallest absolute Gasteiger partial charge is 0.449 e. The third-order valence-electron chi connectivity index (χ3n) is 6.14. The topological polar surface area (TPSA) is 78.8 Å². The molecule has 1 aliphatic rings. The number of rotatable bonds is 5. The quantitative estimate of drug-likeness (QED) is 0.380. The highest BCUT2D eigenvalue weighted by Crippen LogP contribution is 2.44. The summed E-state index contributed by atoms with van der Waals surface area (Å²) in [6, 6.07) is 20.0. The Balaban J connectivity index is 1.46. The Bertz CT molecular complexity index is 1280. The molecule has 0 spiro atoms. The standard InChI is InChI=1S/C28H30BNO4Si/c1-19-21(13-14-35(2,3)4)15-20(16-27(19)29(32)33)17-30-28(31)34-18-26-24-11-7-5-9-22(24)23-10-6-8-12-25(23)26/h5-12,15-16,26,32-33H,17-18H2,1-4H3,(H,30,31). The Hall–Kier alpha value is -3.31. The van der Waals surface area contributed by atoms with Crippen molar-refractivity contribution in [3.63, 3.8) is 0 Å². The van der Waals surface area contributed by atoms with Crippen molar-refractivity contribution in [3.8, 4) is 22.6 Å². The van der Waals surface area contributed by atoms with Gasteiger partial charge in [0.2, 0.25) is 0 Å². The summed E-state index contributed by atoms with van der Waals surface area (Å²) >= 11 is 0. The molecule has 3 aromatic rings. The van der Waals surface area contributed by atoms with E-state index in [1.54, 1.807) is 6.07 Å². The molecule has 5 nitrogen and oxygen atoms in total. The SMILES string of the molecule is Cc1c(C#C[Si](C)(C)C)cc(CNC(=O)OCC2c3ccccc3-c3ccccc32)cc1B(O)O. The minimum Gasteiger partial charge on any atom is -0.449 e. The average Bonchev–Trinajstić information content (AvgIpc) is 3.14. The second-order valence-corrected chi connectivity index (χ2v) is 14.7. The van der Waals surface area contributed by atoms with Gasteiger partial charge >= 0.3 is 13.2 Å². The van der Waals surface area contributed by atoms with E-state index < -0.39 is 21.3 Å². The number of alkyl carbamates (subject to hydrolysis) is 1. The third-order valence-corrected chi connectivity index (χ3v) is 7.01. The molecule has 4 rings (SSSR count). The van der Waals surface area contributed by atoms with E-state index in [0.29, 0.717) is 5.46 Å². The van der Waals surface area contributed by atoms with Crippen LogP contribution >= 0.6 is 0 Å². The molecule has 0 aliphatic heterocycles. The fourth-order valence-corrected chi connectivity index (χ4v) is 4.89. The zero-order valence-electron chi connectivity index (χ0n) is 20.6. The Morgan fingerprint density at radius 1 is 1.03 bits per heavy atom. The summed E-state index contributed by atoms with van der Waals surface area (Å²) in [4.78, 5) is 12.6. The molecule has 35 heavy (non-hydrogen) atoms. The van der Waals surface area contributed by atoms with Crippen molar-refractivity contribution in [2.45, 2.75) is 39.0 Å². The average molecular weight is 483 g/mol. The molecule has 0 aromatic heterocycles. The van der Waals surface area contributed by atoms with Crippen LogP contribution in [-0.2, 0) is 11.3 Å². The van der Waals surface area contributed by atoms with Gasteiger partial charge in [0, 0.05) is 18.0 Å². The zero-order valence-corrected chi connectivity index (χ0v) is 21.6. The van der Waals surface area contributed by atoms with Crippen LogP contribution in [0.4, 0.5) is 4.79 Å². The van der Waals surface area contributed by atoms with Gasteiger partial charge in [0.1, 0.15) is 14.7 Å². The number of carbonyl (C=O) groups excluding carboxylic acids is 1. The van der Waals surface area contributed by atoms with Crippen LogP contribution < -0.4 is 10.8 Å². The zero-order chi connectivity index (χ0) is 25.2. The Labute approximate surface area is 208 Å². The lowest BCUT2D eigenvalue weighted by molar-refractivity contribution is 0.142. The second-order valence-electron chi connectivity index (χ2n) is 9.91. The molecular weight excluding hydrogens is 453 g/mol. The molecule has 0 atom stereocenters. The van der Waals surface area contributed by atoms with Gasteiger partial charge in [-0.25, -0.2) is 4.79 Å². The summed E-state index contributed by atoms with van der Waals surface area (Å²) in [7, 11) is -3.23. The summed E-state index contributed by atoms with van der Waals surface area (Å²) in [5.74, 6) is 3.20. The van der Waals surface area contributed by atoms with Gasteiger partial charge in [0.15, 0.2) is 0 Å². The van der Waals surface area contributed by atoms with Crippen molar-refractivity contribution < 1.29 is 19.6 Å². The molecule has 0 heterocycles. The maximum absolute atomic E-state index is 12.6. The van der Waals surface area contributed by atoms with Gasteiger partial charge in [-0.1, -0.05) is 80.2 Å². The molecule has 0 fully saturated rings. The van der Waals surface area contributed by atoms with Gasteiger partial charge < -0.3 is 20.1 Å². The number of hydrogen-bond acceptors (Lipinski definition) is 4. The lowest BCUT2D eigenvalue weighted by Gasteiger charge is -2.15. The van der Waals surface area contributed by atoms with Gasteiger partial charge in [-0.05, 0) is 51.8 Å². The summed E-state index contributed by atoms with van der Waals surface area (Å²) < 4.78 is 5.61. The number of carbonyl (C=O) groups is 1. The number of benzene rings is 3. The van der Waals surface area contributed by atoms with Gasteiger partial charge in [0.25, 0.3) is 0 Å². The van der Waals surface area contributed by atoms with Crippen LogP contribution in [0.15, 0.2) is 60.7 Å². The first-order valence-corrected chi connectivity index (χ1v) is 15.3. The van der Waals surface area contributed by atoms with Crippen LogP contribution in [0.25, 0.3) is 11.1 Å². The minimum atomic E-state index is -1.61. The van der Waals surface area contributed by atoms with E-state index in [-0.39, 0.29) is 19.1 Å². The molecule has 3 aromatic carbocycles. The van der Waals surface area contributed by atoms with Crippen LogP contribution in [0.3, 0.4) is 0 Å². The van der Waals surface area contributed by atoms with Crippen molar-refractivity contribution >= 4 is 26.7 Å². The van der Waals surface area contributed by atoms with Gasteiger partial charge in [-0.3, -0.25) is 0 Å². The lowest BCUT2D eigenvalue weighted by Crippen LogP contribution is -2.34. The van der Waals surface area contributed by atoms with E-state index in [0.717, 1.165) is 27.8 Å². The van der Waals surface area contributed by atoms with Crippen LogP contribution in [0.1, 0.15) is 33.7 Å². The van der Waals surface area contributed by atoms with Crippen LogP contribution in [0.2, 0.25) is 19.6 Å². The van der Waals surface area contributed by atoms with E-state index in [1.165, 1.54) is 11.1 Å². The number of hydrogen-bond donors (Lipinski definition) is 3. The first-order valence-electron chi connectivity index (χ1n) is 11.8. The maximum atomic E-state index is 12.6. The van der Waals surface area contributed by atoms with Crippen LogP contribution in [-0.4, -0.2) is 37.9 Å². The first-order chi connectivity index (χ1) is 16.6. The lowest BCUT2D eigenvalue weighted by atomic mass is 9.75. The number of amides is 1. The second kappa shape index (κ2) is 10.1. The summed E-state index contributed by atoms with van der Waals surface area (Å²) in [6.07, 6.45) is -0.520. The molecule has 1 aliphatic carbocycles. The summed E-state index contributed by atoms with van der Waals surface area (Å²) in [5.41, 5.74) is 10.6. The van der Waals surface area contributed by atoms with Gasteiger partial charge in [-0.15, -0.1) is 5.54 Å². The van der Waals surface area contributed by atoms with E-state index in [1.807, 2.05) is 37.3 Å². The predicted octanol–water partition coefficient (Wildman–Crippen LogP) is 3.94. The first kappa shape index (κ1) is 24.8. The molecule has 0 saturated carbocycles. The van der Waals surface area contributed by atoms with Crippen LogP contribution in [0, 0.1) is 18.4 Å². The Morgan fingerprint density at radius 3 is 2.20 bits per heavy atom. The Morgan fingerprint density at radius 2 is 1.63 bits per heavy atom. The summed E-state index contributed by atoms with van der Waals surface area (Å²) in [5, 5.41) is 22.4. The van der Waals surface area contributed by atoms with Crippen LogP contribution in [0.5, 0.6) is 0 Å². The Kier molecular flexibility index (Phi) is 7.18. The van der Waals surface area contributed by atoms with Gasteiger partial charge in [-0.2, -0.15) is 0 Å². The highest BCUT2D eigenvalue weighted by Gasteiger charge is 2.29.